The van der Waals surface area contributed by atoms with Crippen molar-refractivity contribution in [1.29, 1.82) is 0 Å². The maximum atomic E-state index is 2.82. The van der Waals surface area contributed by atoms with E-state index in [-0.39, 0.29) is 0 Å². The second-order valence-corrected chi connectivity index (χ2v) is 1.20. The molecule has 0 aromatic heterocycles. The molecule has 0 heteroatoms. The van der Waals surface area contributed by atoms with Crippen LogP contribution in [0.2, 0.25) is 0 Å². The molecule has 0 heterocycles. The van der Waals surface area contributed by atoms with Gasteiger partial charge < -0.3 is 0 Å². The Labute approximate surface area is 45.2 Å². The molecule has 0 spiro atoms. The highest BCUT2D eigenvalue weighted by atomic mass is 13.6. The van der Waals surface area contributed by atoms with Gasteiger partial charge in [0.25, 0.3) is 0 Å². The third-order valence-electron chi connectivity index (χ3n) is 0.581. The summed E-state index contributed by atoms with van der Waals surface area (Å²) in [4.78, 5) is 0. The summed E-state index contributed by atoms with van der Waals surface area (Å²) in [5.41, 5.74) is 0. The van der Waals surface area contributed by atoms with E-state index >= 15 is 0 Å². The van der Waals surface area contributed by atoms with E-state index in [4.69, 9.17) is 0 Å². The first-order chi connectivity index (χ1) is 3.41. The maximum Gasteiger partial charge on any atom is -0.00235 e. The zero-order valence-corrected chi connectivity index (χ0v) is 4.86. The number of allylic oxidation sites excluding steroid dienone is 2. The van der Waals surface area contributed by atoms with Crippen molar-refractivity contribution in [1.82, 2.24) is 0 Å². The van der Waals surface area contributed by atoms with Crippen LogP contribution in [0.5, 0.6) is 0 Å². The molecule has 7 heavy (non-hydrogen) atoms. The van der Waals surface area contributed by atoms with Crippen LogP contribution >= 0.6 is 0 Å². The Balaban J connectivity index is 3.21. The molecule has 0 nitrogen and oxygen atoms in total. The molecule has 38 valence electrons. The van der Waals surface area contributed by atoms with Gasteiger partial charge in [0.05, 0.1) is 0 Å². The van der Waals surface area contributed by atoms with Gasteiger partial charge in [-0.05, 0) is 19.4 Å². The Morgan fingerprint density at radius 3 is 2.71 bits per heavy atom. The predicted molar refractivity (Wildman–Crippen MR) is 32.9 cm³/mol. The highest BCUT2D eigenvalue weighted by Crippen LogP contribution is 1.75. The zero-order chi connectivity index (χ0) is 5.54. The number of hydrogen-bond acceptors (Lipinski definition) is 0. The van der Waals surface area contributed by atoms with Crippen molar-refractivity contribution in [3.8, 4) is 11.8 Å². The van der Waals surface area contributed by atoms with Crippen LogP contribution in [0.3, 0.4) is 0 Å². The molecule has 0 saturated heterocycles. The van der Waals surface area contributed by atoms with Crippen molar-refractivity contribution >= 4 is 0 Å². The van der Waals surface area contributed by atoms with Gasteiger partial charge >= 0.3 is 0 Å². The monoisotopic (exact) mass is 94.1 g/mol. The van der Waals surface area contributed by atoms with E-state index in [0.717, 1.165) is 6.42 Å². The third kappa shape index (κ3) is 5.30. The minimum atomic E-state index is 1.08. The topological polar surface area (TPSA) is 0 Å². The smallest absolute Gasteiger partial charge is 0.00235 e. The van der Waals surface area contributed by atoms with Crippen LogP contribution in [-0.2, 0) is 0 Å². The molecule has 0 aromatic rings. The minimum Gasteiger partial charge on any atom is -0.102 e. The van der Waals surface area contributed by atoms with E-state index < -0.39 is 0 Å². The predicted octanol–water partition coefficient (Wildman–Crippen LogP) is 1.98. The molecule has 0 atom stereocenters. The molecular weight excluding hydrogens is 84.1 g/mol. The van der Waals surface area contributed by atoms with E-state index in [1.807, 2.05) is 19.1 Å². The van der Waals surface area contributed by atoms with Gasteiger partial charge in [-0.15, -0.1) is 5.92 Å². The highest BCUT2D eigenvalue weighted by Gasteiger charge is 1.56. The van der Waals surface area contributed by atoms with Crippen LogP contribution in [-0.4, -0.2) is 0 Å². The lowest BCUT2D eigenvalue weighted by molar-refractivity contribution is 1.23. The van der Waals surface area contributed by atoms with Crippen LogP contribution in [0, 0.1) is 11.8 Å². The lowest BCUT2D eigenvalue weighted by Crippen LogP contribution is -1.49. The van der Waals surface area contributed by atoms with Crippen LogP contribution in [0.25, 0.3) is 0 Å². The largest absolute Gasteiger partial charge is 0.102 e. The summed E-state index contributed by atoms with van der Waals surface area (Å²) >= 11 is 0. The highest BCUT2D eigenvalue weighted by molar-refractivity contribution is 5.13. The molecule has 0 bridgehead atoms. The normalized spacial score (nSPS) is 8.29. The molecule has 0 aliphatic heterocycles. The van der Waals surface area contributed by atoms with Gasteiger partial charge in [0.2, 0.25) is 0 Å². The fraction of sp³-hybridized carbons (Fsp3) is 0.429. The first-order valence-corrected chi connectivity index (χ1v) is 2.49. The number of hydrogen-bond donors (Lipinski definition) is 0. The van der Waals surface area contributed by atoms with Crippen molar-refractivity contribution in [3.05, 3.63) is 12.2 Å². The molecule has 0 fully saturated rings. The van der Waals surface area contributed by atoms with Crippen molar-refractivity contribution in [2.75, 3.05) is 0 Å². The quantitative estimate of drug-likeness (QED) is 0.436. The first kappa shape index (κ1) is 6.30. The molecule has 0 saturated carbocycles. The van der Waals surface area contributed by atoms with Crippen LogP contribution in [0.1, 0.15) is 20.3 Å². The minimum absolute atomic E-state index is 1.08. The molecule has 0 aliphatic carbocycles. The summed E-state index contributed by atoms with van der Waals surface area (Å²) in [5, 5.41) is 0. The van der Waals surface area contributed by atoms with Gasteiger partial charge in [-0.2, -0.15) is 0 Å². The third-order valence-corrected chi connectivity index (χ3v) is 0.581. The maximum absolute atomic E-state index is 2.82. The summed E-state index contributed by atoms with van der Waals surface area (Å²) in [6.07, 6.45) is 4.99. The Morgan fingerprint density at radius 2 is 2.29 bits per heavy atom. The lowest BCUT2D eigenvalue weighted by Gasteiger charge is -1.66. The second-order valence-electron chi connectivity index (χ2n) is 1.20. The molecule has 0 N–H and O–H groups in total. The molecule has 0 radical (unpaired) electrons. The van der Waals surface area contributed by atoms with Crippen LogP contribution in [0.4, 0.5) is 0 Å². The van der Waals surface area contributed by atoms with E-state index in [1.165, 1.54) is 0 Å². The molecule has 0 aliphatic rings. The van der Waals surface area contributed by atoms with Gasteiger partial charge in [0, 0.05) is 0 Å². The standard InChI is InChI=1S/C7H10/c1-3-5-7-6-4-2/h5,7H,3H2,1-2H3/b7-5+. The van der Waals surface area contributed by atoms with Crippen LogP contribution < -0.4 is 0 Å². The number of rotatable bonds is 1. The van der Waals surface area contributed by atoms with Gasteiger partial charge in [0.1, 0.15) is 0 Å². The van der Waals surface area contributed by atoms with Crippen molar-refractivity contribution in [3.63, 3.8) is 0 Å². The van der Waals surface area contributed by atoms with Gasteiger partial charge in [-0.25, -0.2) is 0 Å². The fourth-order valence-electron chi connectivity index (χ4n) is 0.260. The van der Waals surface area contributed by atoms with Crippen molar-refractivity contribution < 1.29 is 0 Å². The van der Waals surface area contributed by atoms with Gasteiger partial charge in [0.15, 0.2) is 0 Å². The van der Waals surface area contributed by atoms with E-state index in [1.54, 1.807) is 0 Å². The summed E-state index contributed by atoms with van der Waals surface area (Å²) in [6, 6.07) is 0. The van der Waals surface area contributed by atoms with E-state index in [2.05, 4.69) is 18.8 Å². The van der Waals surface area contributed by atoms with Gasteiger partial charge in [-0.3, -0.25) is 0 Å². The molecule has 0 unspecified atom stereocenters. The summed E-state index contributed by atoms with van der Waals surface area (Å²) in [5.74, 6) is 5.58. The van der Waals surface area contributed by atoms with Crippen molar-refractivity contribution in [2.24, 2.45) is 0 Å². The van der Waals surface area contributed by atoms with Crippen LogP contribution in [0.15, 0.2) is 12.2 Å². The lowest BCUT2D eigenvalue weighted by atomic mass is 10.4. The molecule has 0 rings (SSSR count). The Hall–Kier alpha value is -0.700. The zero-order valence-electron chi connectivity index (χ0n) is 4.86. The second kappa shape index (κ2) is 5.30. The van der Waals surface area contributed by atoms with Gasteiger partial charge in [-0.1, -0.05) is 18.9 Å². The molecular formula is C7H10. The summed E-state index contributed by atoms with van der Waals surface area (Å²) in [6.45, 7) is 3.92. The van der Waals surface area contributed by atoms with E-state index in [0.29, 0.717) is 0 Å². The Bertz CT molecular complexity index is 98.9. The molecule has 0 aromatic carbocycles. The SMILES string of the molecule is CC#C/C=C/CC. The average Bonchev–Trinajstić information content (AvgIpc) is 1.69. The Kier molecular flexibility index (Phi) is 4.77. The summed E-state index contributed by atoms with van der Waals surface area (Å²) < 4.78 is 0. The molecule has 0 amide bonds. The fourth-order valence-corrected chi connectivity index (χ4v) is 0.260. The first-order valence-electron chi connectivity index (χ1n) is 2.49. The summed E-state index contributed by atoms with van der Waals surface area (Å²) in [7, 11) is 0. The Morgan fingerprint density at radius 1 is 1.57 bits per heavy atom. The van der Waals surface area contributed by atoms with E-state index in [9.17, 15) is 0 Å². The van der Waals surface area contributed by atoms with Crippen molar-refractivity contribution in [2.45, 2.75) is 20.3 Å². The average molecular weight is 94.2 g/mol.